The van der Waals surface area contributed by atoms with Crippen molar-refractivity contribution >= 4 is 5.91 Å². The minimum Gasteiger partial charge on any atom is -0.342 e. The molecule has 1 saturated carbocycles. The van der Waals surface area contributed by atoms with E-state index < -0.39 is 11.6 Å². The van der Waals surface area contributed by atoms with Crippen molar-refractivity contribution in [3.63, 3.8) is 0 Å². The molecule has 2 aliphatic rings. The first-order valence-corrected chi connectivity index (χ1v) is 7.60. The standard InChI is InChI=1S/C16H20F2N2O/c17-14-2-1-3-15(18)13(14)10-19-12-6-8-20(9-7-12)16(21)11-4-5-11/h1-3,11-12,19H,4-10H2. The van der Waals surface area contributed by atoms with Crippen molar-refractivity contribution in [3.8, 4) is 0 Å². The number of rotatable bonds is 4. The minimum atomic E-state index is -0.510. The third-order valence-corrected chi connectivity index (χ3v) is 4.36. The molecule has 5 heteroatoms. The Balaban J connectivity index is 1.48. The zero-order chi connectivity index (χ0) is 14.8. The molecule has 0 spiro atoms. The van der Waals surface area contributed by atoms with Crippen LogP contribution in [0.3, 0.4) is 0 Å². The molecule has 1 saturated heterocycles. The molecule has 21 heavy (non-hydrogen) atoms. The van der Waals surface area contributed by atoms with Gasteiger partial charge in [-0.05, 0) is 37.8 Å². The molecule has 0 unspecified atom stereocenters. The topological polar surface area (TPSA) is 32.3 Å². The third-order valence-electron chi connectivity index (χ3n) is 4.36. The molecule has 1 N–H and O–H groups in total. The molecule has 1 aliphatic heterocycles. The first-order valence-electron chi connectivity index (χ1n) is 7.60. The molecule has 1 heterocycles. The molecule has 0 aromatic heterocycles. The Morgan fingerprint density at radius 3 is 2.33 bits per heavy atom. The van der Waals surface area contributed by atoms with Gasteiger partial charge in [-0.3, -0.25) is 4.79 Å². The quantitative estimate of drug-likeness (QED) is 0.925. The molecule has 2 fully saturated rings. The van der Waals surface area contributed by atoms with Gasteiger partial charge in [0.15, 0.2) is 0 Å². The largest absolute Gasteiger partial charge is 0.342 e. The van der Waals surface area contributed by atoms with E-state index in [0.717, 1.165) is 38.8 Å². The van der Waals surface area contributed by atoms with Gasteiger partial charge < -0.3 is 10.2 Å². The second-order valence-electron chi connectivity index (χ2n) is 5.95. The summed E-state index contributed by atoms with van der Waals surface area (Å²) >= 11 is 0. The molecule has 114 valence electrons. The lowest BCUT2D eigenvalue weighted by molar-refractivity contribution is -0.133. The van der Waals surface area contributed by atoms with Gasteiger partial charge in [-0.1, -0.05) is 6.07 Å². The van der Waals surface area contributed by atoms with E-state index in [0.29, 0.717) is 0 Å². The zero-order valence-electron chi connectivity index (χ0n) is 11.9. The summed E-state index contributed by atoms with van der Waals surface area (Å²) in [5.41, 5.74) is 0.0917. The van der Waals surface area contributed by atoms with Crippen LogP contribution in [0.1, 0.15) is 31.2 Å². The van der Waals surface area contributed by atoms with Crippen molar-refractivity contribution < 1.29 is 13.6 Å². The summed E-state index contributed by atoms with van der Waals surface area (Å²) in [5, 5.41) is 3.21. The van der Waals surface area contributed by atoms with E-state index in [1.54, 1.807) is 0 Å². The molecule has 0 bridgehead atoms. The number of likely N-dealkylation sites (tertiary alicyclic amines) is 1. The van der Waals surface area contributed by atoms with Crippen LogP contribution in [0, 0.1) is 17.6 Å². The van der Waals surface area contributed by atoms with E-state index in [1.807, 2.05) is 4.90 Å². The Labute approximate surface area is 123 Å². The van der Waals surface area contributed by atoms with Gasteiger partial charge in [0.1, 0.15) is 11.6 Å². The van der Waals surface area contributed by atoms with Gasteiger partial charge in [-0.15, -0.1) is 0 Å². The third kappa shape index (κ3) is 3.40. The second-order valence-corrected chi connectivity index (χ2v) is 5.95. The lowest BCUT2D eigenvalue weighted by atomic mass is 10.0. The van der Waals surface area contributed by atoms with Crippen molar-refractivity contribution in [2.75, 3.05) is 13.1 Å². The van der Waals surface area contributed by atoms with Crippen molar-refractivity contribution in [2.45, 2.75) is 38.3 Å². The fourth-order valence-electron chi connectivity index (χ4n) is 2.84. The van der Waals surface area contributed by atoms with Crippen LogP contribution in [-0.4, -0.2) is 29.9 Å². The van der Waals surface area contributed by atoms with Crippen molar-refractivity contribution in [1.29, 1.82) is 0 Å². The maximum Gasteiger partial charge on any atom is 0.225 e. The van der Waals surface area contributed by atoms with E-state index >= 15 is 0 Å². The van der Waals surface area contributed by atoms with Crippen LogP contribution in [0.4, 0.5) is 8.78 Å². The molecule has 3 rings (SSSR count). The molecule has 1 aromatic rings. The average molecular weight is 294 g/mol. The zero-order valence-corrected chi connectivity index (χ0v) is 11.9. The number of carbonyl (C=O) groups is 1. The highest BCUT2D eigenvalue weighted by molar-refractivity contribution is 5.81. The van der Waals surface area contributed by atoms with Gasteiger partial charge in [0, 0.05) is 37.2 Å². The van der Waals surface area contributed by atoms with Gasteiger partial charge in [-0.25, -0.2) is 8.78 Å². The molecular weight excluding hydrogens is 274 g/mol. The molecule has 0 atom stereocenters. The molecule has 1 amide bonds. The number of hydrogen-bond donors (Lipinski definition) is 1. The number of carbonyl (C=O) groups excluding carboxylic acids is 1. The lowest BCUT2D eigenvalue weighted by Crippen LogP contribution is -2.45. The average Bonchev–Trinajstić information content (AvgIpc) is 3.31. The first kappa shape index (κ1) is 14.4. The van der Waals surface area contributed by atoms with Crippen molar-refractivity contribution in [2.24, 2.45) is 5.92 Å². The van der Waals surface area contributed by atoms with Gasteiger partial charge in [-0.2, -0.15) is 0 Å². The summed E-state index contributed by atoms with van der Waals surface area (Å²) in [5.74, 6) is -0.469. The number of benzene rings is 1. The van der Waals surface area contributed by atoms with E-state index in [-0.39, 0.29) is 30.0 Å². The van der Waals surface area contributed by atoms with Crippen LogP contribution in [0.25, 0.3) is 0 Å². The van der Waals surface area contributed by atoms with Crippen LogP contribution < -0.4 is 5.32 Å². The summed E-state index contributed by atoms with van der Waals surface area (Å²) in [6, 6.07) is 4.14. The van der Waals surface area contributed by atoms with Gasteiger partial charge in [0.2, 0.25) is 5.91 Å². The fraction of sp³-hybridized carbons (Fsp3) is 0.562. The predicted octanol–water partition coefficient (Wildman–Crippen LogP) is 2.46. The van der Waals surface area contributed by atoms with Gasteiger partial charge in [0.25, 0.3) is 0 Å². The number of nitrogens with one attached hydrogen (secondary N) is 1. The first-order chi connectivity index (χ1) is 10.1. The molecular formula is C16H20F2N2O. The Kier molecular flexibility index (Phi) is 4.19. The van der Waals surface area contributed by atoms with E-state index in [2.05, 4.69) is 5.32 Å². The van der Waals surface area contributed by atoms with E-state index in [1.165, 1.54) is 18.2 Å². The Hall–Kier alpha value is -1.49. The molecule has 1 aliphatic carbocycles. The molecule has 1 aromatic carbocycles. The van der Waals surface area contributed by atoms with Crippen LogP contribution in [0.15, 0.2) is 18.2 Å². The lowest BCUT2D eigenvalue weighted by Gasteiger charge is -2.32. The Morgan fingerprint density at radius 2 is 1.76 bits per heavy atom. The number of amides is 1. The minimum absolute atomic E-state index is 0.0917. The number of piperidine rings is 1. The maximum absolute atomic E-state index is 13.5. The predicted molar refractivity (Wildman–Crippen MR) is 75.5 cm³/mol. The van der Waals surface area contributed by atoms with Crippen LogP contribution >= 0.6 is 0 Å². The van der Waals surface area contributed by atoms with Gasteiger partial charge in [0.05, 0.1) is 0 Å². The normalized spacial score (nSPS) is 19.8. The van der Waals surface area contributed by atoms with Gasteiger partial charge >= 0.3 is 0 Å². The number of nitrogens with zero attached hydrogens (tertiary/aromatic N) is 1. The maximum atomic E-state index is 13.5. The SMILES string of the molecule is O=C(C1CC1)N1CCC(NCc2c(F)cccc2F)CC1. The van der Waals surface area contributed by atoms with E-state index in [4.69, 9.17) is 0 Å². The summed E-state index contributed by atoms with van der Waals surface area (Å²) in [6.07, 6.45) is 3.75. The highest BCUT2D eigenvalue weighted by atomic mass is 19.1. The summed E-state index contributed by atoms with van der Waals surface area (Å²) in [4.78, 5) is 13.9. The number of halogens is 2. The van der Waals surface area contributed by atoms with Crippen molar-refractivity contribution in [1.82, 2.24) is 10.2 Å². The summed E-state index contributed by atoms with van der Waals surface area (Å²) in [6.45, 7) is 1.68. The van der Waals surface area contributed by atoms with Crippen LogP contribution in [0.5, 0.6) is 0 Å². The fourth-order valence-corrected chi connectivity index (χ4v) is 2.84. The Bertz CT molecular complexity index is 503. The van der Waals surface area contributed by atoms with Crippen LogP contribution in [0.2, 0.25) is 0 Å². The van der Waals surface area contributed by atoms with Crippen molar-refractivity contribution in [3.05, 3.63) is 35.4 Å². The second kappa shape index (κ2) is 6.10. The number of hydrogen-bond acceptors (Lipinski definition) is 2. The summed E-state index contributed by atoms with van der Waals surface area (Å²) in [7, 11) is 0. The Morgan fingerprint density at radius 1 is 1.14 bits per heavy atom. The highest BCUT2D eigenvalue weighted by Crippen LogP contribution is 2.31. The monoisotopic (exact) mass is 294 g/mol. The molecule has 3 nitrogen and oxygen atoms in total. The van der Waals surface area contributed by atoms with E-state index in [9.17, 15) is 13.6 Å². The highest BCUT2D eigenvalue weighted by Gasteiger charge is 2.34. The smallest absolute Gasteiger partial charge is 0.225 e. The molecule has 0 radical (unpaired) electrons. The summed E-state index contributed by atoms with van der Waals surface area (Å²) < 4.78 is 27.1. The van der Waals surface area contributed by atoms with Crippen LogP contribution in [-0.2, 0) is 11.3 Å².